The van der Waals surface area contributed by atoms with E-state index in [1.54, 1.807) is 36.7 Å². The summed E-state index contributed by atoms with van der Waals surface area (Å²) in [4.78, 5) is 19.8. The molecule has 1 unspecified atom stereocenters. The second kappa shape index (κ2) is 9.87. The molecular weight excluding hydrogens is 462 g/mol. The Kier molecular flexibility index (Phi) is 7.05. The van der Waals surface area contributed by atoms with Crippen LogP contribution in [-0.4, -0.2) is 72.6 Å². The first-order valence-corrected chi connectivity index (χ1v) is 13.0. The fraction of sp³-hybridized carbons (Fsp3) is 0.308. The summed E-state index contributed by atoms with van der Waals surface area (Å²) in [6.45, 7) is 6.50. The van der Waals surface area contributed by atoms with Crippen molar-refractivity contribution in [1.29, 1.82) is 0 Å². The van der Waals surface area contributed by atoms with E-state index in [9.17, 15) is 13.2 Å². The lowest BCUT2D eigenvalue weighted by molar-refractivity contribution is -0.118. The van der Waals surface area contributed by atoms with E-state index in [0.717, 1.165) is 13.1 Å². The molecule has 0 radical (unpaired) electrons. The van der Waals surface area contributed by atoms with Gasteiger partial charge in [0.1, 0.15) is 10.8 Å². The summed E-state index contributed by atoms with van der Waals surface area (Å²) >= 11 is 0. The molecule has 2 heterocycles. The monoisotopic (exact) mass is 493 g/mol. The number of nitrogens with one attached hydrogen (secondary N) is 1. The van der Waals surface area contributed by atoms with Gasteiger partial charge < -0.3 is 16.0 Å². The number of carbonyl (C=O) groups is 1. The highest BCUT2D eigenvalue weighted by Crippen LogP contribution is 2.37. The van der Waals surface area contributed by atoms with Crippen molar-refractivity contribution in [1.82, 2.24) is 14.8 Å². The summed E-state index contributed by atoms with van der Waals surface area (Å²) in [5.74, 6) is -0.344. The number of anilines is 1. The molecule has 0 saturated carbocycles. The zero-order valence-electron chi connectivity index (χ0n) is 19.7. The third kappa shape index (κ3) is 4.72. The fourth-order valence-corrected chi connectivity index (χ4v) is 6.23. The second-order valence-electron chi connectivity index (χ2n) is 8.96. The third-order valence-corrected chi connectivity index (χ3v) is 9.05. The normalized spacial score (nSPS) is 26.2. The second-order valence-corrected chi connectivity index (χ2v) is 11.2. The highest BCUT2D eigenvalue weighted by molar-refractivity contribution is 7.93. The van der Waals surface area contributed by atoms with Gasteiger partial charge in [0.05, 0.1) is 11.9 Å². The average Bonchev–Trinajstić information content (AvgIpc) is 2.87. The van der Waals surface area contributed by atoms with E-state index in [2.05, 4.69) is 21.8 Å². The van der Waals surface area contributed by atoms with E-state index in [0.29, 0.717) is 24.3 Å². The zero-order valence-corrected chi connectivity index (χ0v) is 20.6. The molecule has 1 aliphatic carbocycles. The topological polar surface area (TPSA) is 109 Å². The molecule has 0 spiro atoms. The van der Waals surface area contributed by atoms with Crippen LogP contribution in [0.15, 0.2) is 91.8 Å². The molecule has 184 valence electrons. The third-order valence-electron chi connectivity index (χ3n) is 6.67. The Balaban J connectivity index is 1.68. The van der Waals surface area contributed by atoms with Crippen molar-refractivity contribution in [3.05, 3.63) is 97.4 Å². The molecule has 0 bridgehead atoms. The average molecular weight is 494 g/mol. The molecule has 2 aliphatic rings. The van der Waals surface area contributed by atoms with Crippen LogP contribution in [0.5, 0.6) is 0 Å². The van der Waals surface area contributed by atoms with Crippen LogP contribution in [0.3, 0.4) is 0 Å². The molecule has 35 heavy (non-hydrogen) atoms. The van der Waals surface area contributed by atoms with Crippen molar-refractivity contribution >= 4 is 21.4 Å². The number of sulfone groups is 1. The minimum Gasteiger partial charge on any atom is -0.323 e. The van der Waals surface area contributed by atoms with Crippen LogP contribution in [0, 0.1) is 0 Å². The number of rotatable bonds is 7. The van der Waals surface area contributed by atoms with Crippen molar-refractivity contribution in [2.75, 3.05) is 38.5 Å². The molecular formula is C26H31N5O3S. The van der Waals surface area contributed by atoms with Crippen LogP contribution in [0.1, 0.15) is 5.56 Å². The molecule has 4 rings (SSSR count). The van der Waals surface area contributed by atoms with E-state index in [1.807, 2.05) is 42.3 Å². The van der Waals surface area contributed by atoms with Gasteiger partial charge >= 0.3 is 0 Å². The number of hydrogen-bond acceptors (Lipinski definition) is 7. The summed E-state index contributed by atoms with van der Waals surface area (Å²) in [5.41, 5.74) is 6.49. The predicted octanol–water partition coefficient (Wildman–Crippen LogP) is 1.91. The Morgan fingerprint density at radius 2 is 1.74 bits per heavy atom. The molecule has 2 aromatic rings. The number of likely N-dealkylation sites (N-methyl/N-ethyl adjacent to an activating group) is 1. The lowest BCUT2D eigenvalue weighted by Crippen LogP contribution is -2.58. The quantitative estimate of drug-likeness (QED) is 0.567. The van der Waals surface area contributed by atoms with Crippen molar-refractivity contribution in [2.24, 2.45) is 5.73 Å². The summed E-state index contributed by atoms with van der Waals surface area (Å²) in [6.07, 6.45) is 10.6. The van der Waals surface area contributed by atoms with E-state index >= 15 is 0 Å². The van der Waals surface area contributed by atoms with Gasteiger partial charge in [-0.1, -0.05) is 48.6 Å². The lowest BCUT2D eigenvalue weighted by Gasteiger charge is -2.40. The summed E-state index contributed by atoms with van der Waals surface area (Å²) < 4.78 is 27.5. The van der Waals surface area contributed by atoms with Crippen molar-refractivity contribution < 1.29 is 13.2 Å². The number of amides is 1. The number of hydrogen-bond donors (Lipinski definition) is 2. The first-order chi connectivity index (χ1) is 16.7. The standard InChI is InChI=1S/C26H31N5O3S/c1-3-23(31-18-16-30(2)17-19-31)35(33,34)26(27)13-11-25(12-14-26,21-8-5-4-6-9-21)24(32)29-22-10-7-15-28-20-22/h3-15,20,23H,1,16-19,27H2,2H3,(H,29,32). The lowest BCUT2D eigenvalue weighted by atomic mass is 9.76. The first-order valence-electron chi connectivity index (χ1n) is 11.5. The fourth-order valence-electron chi connectivity index (χ4n) is 4.44. The van der Waals surface area contributed by atoms with Gasteiger partial charge in [-0.15, -0.1) is 6.58 Å². The molecule has 1 aliphatic heterocycles. The first kappa shape index (κ1) is 25.0. The smallest absolute Gasteiger partial charge is 0.242 e. The highest BCUT2D eigenvalue weighted by Gasteiger charge is 2.48. The summed E-state index contributed by atoms with van der Waals surface area (Å²) in [7, 11) is -1.95. The Bertz CT molecular complexity index is 1210. The van der Waals surface area contributed by atoms with Crippen LogP contribution in [0.25, 0.3) is 0 Å². The van der Waals surface area contributed by atoms with Crippen molar-refractivity contribution in [3.8, 4) is 0 Å². The predicted molar refractivity (Wildman–Crippen MR) is 138 cm³/mol. The Morgan fingerprint density at radius 1 is 1.09 bits per heavy atom. The number of piperazine rings is 1. The number of carbonyl (C=O) groups excluding carboxylic acids is 1. The van der Waals surface area contributed by atoms with Crippen LogP contribution < -0.4 is 11.1 Å². The van der Waals surface area contributed by atoms with Crippen LogP contribution in [-0.2, 0) is 20.0 Å². The van der Waals surface area contributed by atoms with E-state index in [4.69, 9.17) is 5.73 Å². The number of aromatic nitrogens is 1. The maximum Gasteiger partial charge on any atom is 0.242 e. The molecule has 9 heteroatoms. The van der Waals surface area contributed by atoms with Gasteiger partial charge in [-0.3, -0.25) is 14.7 Å². The molecule has 3 N–H and O–H groups in total. The van der Waals surface area contributed by atoms with Gasteiger partial charge in [0, 0.05) is 32.4 Å². The molecule has 1 aromatic carbocycles. The minimum absolute atomic E-state index is 0.344. The van der Waals surface area contributed by atoms with E-state index < -0.39 is 25.5 Å². The zero-order chi connectivity index (χ0) is 25.1. The van der Waals surface area contributed by atoms with Gasteiger partial charge in [0.2, 0.25) is 5.91 Å². The maximum atomic E-state index is 13.8. The maximum absolute atomic E-state index is 13.8. The van der Waals surface area contributed by atoms with E-state index in [-0.39, 0.29) is 5.91 Å². The molecule has 1 atom stereocenters. The summed E-state index contributed by atoms with van der Waals surface area (Å²) in [6, 6.07) is 12.6. The Labute approximate surface area is 206 Å². The van der Waals surface area contributed by atoms with Gasteiger partial charge in [0.25, 0.3) is 0 Å². The highest BCUT2D eigenvalue weighted by atomic mass is 32.2. The minimum atomic E-state index is -3.96. The number of pyridine rings is 1. The van der Waals surface area contributed by atoms with Gasteiger partial charge in [-0.05, 0) is 36.9 Å². The van der Waals surface area contributed by atoms with Crippen molar-refractivity contribution in [3.63, 3.8) is 0 Å². The summed E-state index contributed by atoms with van der Waals surface area (Å²) in [5, 5.41) is 1.94. The molecule has 1 amide bonds. The number of nitrogens with two attached hydrogens (primary N) is 1. The van der Waals surface area contributed by atoms with Gasteiger partial charge in [0.15, 0.2) is 14.7 Å². The number of benzene rings is 1. The Hall–Kier alpha value is -3.11. The van der Waals surface area contributed by atoms with Crippen LogP contribution in [0.2, 0.25) is 0 Å². The molecule has 1 aromatic heterocycles. The molecule has 1 saturated heterocycles. The van der Waals surface area contributed by atoms with Gasteiger partial charge in [-0.25, -0.2) is 8.42 Å². The molecule has 1 fully saturated rings. The van der Waals surface area contributed by atoms with E-state index in [1.165, 1.54) is 18.2 Å². The Morgan fingerprint density at radius 3 is 2.31 bits per heavy atom. The molecule has 8 nitrogen and oxygen atoms in total. The number of nitrogens with zero attached hydrogens (tertiary/aromatic N) is 3. The van der Waals surface area contributed by atoms with Crippen LogP contribution >= 0.6 is 0 Å². The largest absolute Gasteiger partial charge is 0.323 e. The van der Waals surface area contributed by atoms with Gasteiger partial charge in [-0.2, -0.15) is 0 Å². The van der Waals surface area contributed by atoms with Crippen molar-refractivity contribution in [2.45, 2.75) is 15.7 Å². The van der Waals surface area contributed by atoms with Crippen LogP contribution in [0.4, 0.5) is 5.69 Å². The SMILES string of the molecule is C=CC(N1CCN(C)CC1)S(=O)(=O)C1(N)C=CC(C(=O)Nc2cccnc2)(c2ccccc2)C=C1.